The fourth-order valence-electron chi connectivity index (χ4n) is 3.42. The molecule has 0 aliphatic carbocycles. The van der Waals surface area contributed by atoms with E-state index < -0.39 is 5.97 Å². The quantitative estimate of drug-likeness (QED) is 0.887. The fraction of sp³-hybridized carbons (Fsp3) is 0.333. The van der Waals surface area contributed by atoms with Gasteiger partial charge in [0.2, 0.25) is 5.95 Å². The molecular formula is C18H18N4O2. The summed E-state index contributed by atoms with van der Waals surface area (Å²) in [5.41, 5.74) is 3.18. The van der Waals surface area contributed by atoms with Gasteiger partial charge in [0.05, 0.1) is 22.7 Å². The van der Waals surface area contributed by atoms with Crippen molar-refractivity contribution < 1.29 is 9.90 Å². The number of carboxylic acid groups (broad SMARTS) is 1. The molecule has 1 saturated heterocycles. The minimum atomic E-state index is -0.994. The molecule has 4 rings (SSSR count). The van der Waals surface area contributed by atoms with E-state index in [1.807, 2.05) is 0 Å². The van der Waals surface area contributed by atoms with Gasteiger partial charge in [-0.15, -0.1) is 0 Å². The van der Waals surface area contributed by atoms with Crippen LogP contribution in [-0.2, 0) is 0 Å². The van der Waals surface area contributed by atoms with E-state index in [9.17, 15) is 4.79 Å². The van der Waals surface area contributed by atoms with Gasteiger partial charge in [-0.25, -0.2) is 14.8 Å². The molecule has 0 bridgehead atoms. The summed E-state index contributed by atoms with van der Waals surface area (Å²) in [6, 6.07) is 6.62. The molecule has 6 nitrogen and oxygen atoms in total. The Balaban J connectivity index is 1.71. The van der Waals surface area contributed by atoms with E-state index in [0.29, 0.717) is 11.6 Å². The van der Waals surface area contributed by atoms with Crippen molar-refractivity contribution in [1.29, 1.82) is 0 Å². The van der Waals surface area contributed by atoms with E-state index in [1.165, 1.54) is 22.6 Å². The Bertz CT molecular complexity index is 967. The summed E-state index contributed by atoms with van der Waals surface area (Å²) in [5, 5.41) is 11.4. The standard InChI is InChI=1S/C18H18N4O2/c1-10-3-4-15-12(7-10)14-9-22(6-5-16(14)21-15)18-19-8-13(17(23)24)11(2)20-18/h3-4,7-8,16H,5-6,9H2,1-2H3,(H,23,24). The Hall–Kier alpha value is -2.76. The van der Waals surface area contributed by atoms with Crippen LogP contribution in [0.4, 0.5) is 5.95 Å². The molecule has 0 saturated carbocycles. The van der Waals surface area contributed by atoms with Crippen molar-refractivity contribution in [2.24, 2.45) is 4.99 Å². The summed E-state index contributed by atoms with van der Waals surface area (Å²) in [4.78, 5) is 26.7. The number of rotatable bonds is 2. The Morgan fingerprint density at radius 2 is 2.17 bits per heavy atom. The average molecular weight is 322 g/mol. The van der Waals surface area contributed by atoms with Gasteiger partial charge in [0.1, 0.15) is 0 Å². The average Bonchev–Trinajstić information content (AvgIpc) is 2.91. The van der Waals surface area contributed by atoms with Crippen molar-refractivity contribution in [3.05, 3.63) is 51.8 Å². The zero-order valence-electron chi connectivity index (χ0n) is 13.7. The fourth-order valence-corrected chi connectivity index (χ4v) is 3.42. The van der Waals surface area contributed by atoms with E-state index in [1.54, 1.807) is 6.92 Å². The Kier molecular flexibility index (Phi) is 3.33. The largest absolute Gasteiger partial charge is 0.478 e. The van der Waals surface area contributed by atoms with Crippen molar-refractivity contribution >= 4 is 17.5 Å². The first-order valence-electron chi connectivity index (χ1n) is 8.02. The molecule has 0 radical (unpaired) electrons. The zero-order valence-corrected chi connectivity index (χ0v) is 13.7. The van der Waals surface area contributed by atoms with Gasteiger partial charge in [0.25, 0.3) is 0 Å². The third kappa shape index (κ3) is 2.35. The number of carbonyl (C=O) groups is 1. The van der Waals surface area contributed by atoms with Crippen LogP contribution in [0.1, 0.15) is 28.0 Å². The van der Waals surface area contributed by atoms with Crippen molar-refractivity contribution in [2.45, 2.75) is 26.3 Å². The van der Waals surface area contributed by atoms with Crippen LogP contribution in [-0.4, -0.2) is 40.2 Å². The highest BCUT2D eigenvalue weighted by Gasteiger charge is 2.28. The number of carboxylic acids is 1. The summed E-state index contributed by atoms with van der Waals surface area (Å²) in [6.45, 7) is 5.34. The highest BCUT2D eigenvalue weighted by molar-refractivity contribution is 5.88. The maximum Gasteiger partial charge on any atom is 0.339 e. The van der Waals surface area contributed by atoms with Gasteiger partial charge in [0, 0.05) is 24.5 Å². The van der Waals surface area contributed by atoms with Crippen molar-refractivity contribution in [2.75, 3.05) is 18.0 Å². The number of aromatic carboxylic acids is 1. The first-order valence-corrected chi connectivity index (χ1v) is 8.02. The molecule has 1 aromatic heterocycles. The summed E-state index contributed by atoms with van der Waals surface area (Å²) >= 11 is 0. The van der Waals surface area contributed by atoms with Crippen LogP contribution in [0.3, 0.4) is 0 Å². The van der Waals surface area contributed by atoms with E-state index in [4.69, 9.17) is 10.1 Å². The number of aromatic nitrogens is 2. The smallest absolute Gasteiger partial charge is 0.339 e. The summed E-state index contributed by atoms with van der Waals surface area (Å²) in [6.07, 6.45) is 2.32. The summed E-state index contributed by atoms with van der Waals surface area (Å²) in [7, 11) is 0. The molecule has 0 spiro atoms. The minimum Gasteiger partial charge on any atom is -0.478 e. The lowest BCUT2D eigenvalue weighted by atomic mass is 9.98. The van der Waals surface area contributed by atoms with Gasteiger partial charge < -0.3 is 10.0 Å². The van der Waals surface area contributed by atoms with E-state index >= 15 is 0 Å². The third-order valence-corrected chi connectivity index (χ3v) is 4.71. The molecule has 0 amide bonds. The van der Waals surface area contributed by atoms with Crippen LogP contribution in [0, 0.1) is 13.8 Å². The third-order valence-electron chi connectivity index (χ3n) is 4.71. The van der Waals surface area contributed by atoms with Gasteiger partial charge in [-0.05, 0) is 38.0 Å². The second kappa shape index (κ2) is 5.40. The number of anilines is 1. The maximum absolute atomic E-state index is 11.1. The monoisotopic (exact) mass is 322 g/mol. The lowest BCUT2D eigenvalue weighted by Gasteiger charge is -2.31. The lowest BCUT2D eigenvalue weighted by molar-refractivity contribution is 0.0695. The van der Waals surface area contributed by atoms with Gasteiger partial charge >= 0.3 is 5.97 Å². The number of fused-ring (bicyclic) bond motifs is 2. The number of piperidine rings is 1. The topological polar surface area (TPSA) is 78.7 Å². The first-order chi connectivity index (χ1) is 11.5. The second-order valence-corrected chi connectivity index (χ2v) is 6.38. The summed E-state index contributed by atoms with van der Waals surface area (Å²) < 4.78 is 0. The molecule has 2 aromatic rings. The SMILES string of the molecule is Cc1ccc2c(c1)=C1CN(c3ncc(C(=O)O)c(C)n3)CCC1N=2. The van der Waals surface area contributed by atoms with E-state index in [0.717, 1.165) is 24.9 Å². The number of hydrogen-bond donors (Lipinski definition) is 1. The molecule has 2 aliphatic rings. The van der Waals surface area contributed by atoms with Crippen molar-refractivity contribution in [3.8, 4) is 0 Å². The van der Waals surface area contributed by atoms with Crippen LogP contribution in [0.5, 0.6) is 0 Å². The van der Waals surface area contributed by atoms with Crippen LogP contribution < -0.4 is 15.5 Å². The number of hydrogen-bond acceptors (Lipinski definition) is 5. The van der Waals surface area contributed by atoms with E-state index in [-0.39, 0.29) is 11.6 Å². The van der Waals surface area contributed by atoms with Crippen molar-refractivity contribution in [3.63, 3.8) is 0 Å². The molecule has 1 atom stereocenters. The molecule has 1 unspecified atom stereocenters. The Morgan fingerprint density at radius 1 is 1.33 bits per heavy atom. The van der Waals surface area contributed by atoms with Crippen LogP contribution in [0.25, 0.3) is 5.57 Å². The number of aryl methyl sites for hydroxylation is 2. The lowest BCUT2D eigenvalue weighted by Crippen LogP contribution is -2.39. The second-order valence-electron chi connectivity index (χ2n) is 6.38. The van der Waals surface area contributed by atoms with E-state index in [2.05, 4.69) is 40.0 Å². The van der Waals surface area contributed by atoms with Crippen LogP contribution >= 0.6 is 0 Å². The maximum atomic E-state index is 11.1. The van der Waals surface area contributed by atoms with Gasteiger partial charge in [-0.3, -0.25) is 4.99 Å². The predicted octanol–water partition coefficient (Wildman–Crippen LogP) is 0.854. The minimum absolute atomic E-state index is 0.151. The Labute approximate surface area is 139 Å². The van der Waals surface area contributed by atoms with Gasteiger partial charge in [-0.2, -0.15) is 0 Å². The number of nitrogens with zero attached hydrogens (tertiary/aromatic N) is 4. The molecule has 2 aliphatic heterocycles. The molecule has 3 heterocycles. The molecule has 1 N–H and O–H groups in total. The molecule has 1 fully saturated rings. The van der Waals surface area contributed by atoms with Crippen molar-refractivity contribution in [1.82, 2.24) is 9.97 Å². The zero-order chi connectivity index (χ0) is 16.8. The molecule has 24 heavy (non-hydrogen) atoms. The van der Waals surface area contributed by atoms with Crippen LogP contribution in [0.2, 0.25) is 0 Å². The van der Waals surface area contributed by atoms with Gasteiger partial charge in [-0.1, -0.05) is 11.6 Å². The Morgan fingerprint density at radius 3 is 2.92 bits per heavy atom. The highest BCUT2D eigenvalue weighted by Crippen LogP contribution is 2.24. The molecule has 1 aromatic carbocycles. The van der Waals surface area contributed by atoms with Crippen LogP contribution in [0.15, 0.2) is 29.4 Å². The molecule has 6 heteroatoms. The molecular weight excluding hydrogens is 304 g/mol. The first kappa shape index (κ1) is 14.8. The highest BCUT2D eigenvalue weighted by atomic mass is 16.4. The predicted molar refractivity (Wildman–Crippen MR) is 89.7 cm³/mol. The van der Waals surface area contributed by atoms with Gasteiger partial charge in [0.15, 0.2) is 0 Å². The normalized spacial score (nSPS) is 18.8. The molecule has 122 valence electrons. The summed E-state index contributed by atoms with van der Waals surface area (Å²) in [5.74, 6) is -0.407. The number of benzene rings is 1.